The number of piperidine rings is 1. The van der Waals surface area contributed by atoms with Crippen molar-refractivity contribution in [2.75, 3.05) is 19.6 Å². The number of fused-ring (bicyclic) bond motifs is 2. The van der Waals surface area contributed by atoms with E-state index in [0.29, 0.717) is 23.9 Å². The normalized spacial score (nSPS) is 15.4. The lowest BCUT2D eigenvalue weighted by Crippen LogP contribution is -2.38. The Hall–Kier alpha value is -3.18. The molecule has 1 fully saturated rings. The first-order valence-corrected chi connectivity index (χ1v) is 11.4. The number of hydrogen-bond donors (Lipinski definition) is 1. The van der Waals surface area contributed by atoms with Gasteiger partial charge >= 0.3 is 0 Å². The van der Waals surface area contributed by atoms with Crippen molar-refractivity contribution in [2.24, 2.45) is 5.92 Å². The number of benzene rings is 2. The molecule has 0 bridgehead atoms. The van der Waals surface area contributed by atoms with Gasteiger partial charge < -0.3 is 9.73 Å². The number of carbonyl (C=O) groups excluding carboxylic acids is 1. The number of carbonyl (C=O) groups is 1. The van der Waals surface area contributed by atoms with E-state index in [-0.39, 0.29) is 5.91 Å². The van der Waals surface area contributed by atoms with E-state index in [1.54, 1.807) is 6.07 Å². The molecule has 0 radical (unpaired) electrons. The molecule has 2 aromatic carbocycles. The van der Waals surface area contributed by atoms with Crippen LogP contribution < -0.4 is 5.32 Å². The van der Waals surface area contributed by atoms with Crippen molar-refractivity contribution in [1.29, 1.82) is 0 Å². The van der Waals surface area contributed by atoms with E-state index >= 15 is 0 Å². The molecule has 2 aromatic heterocycles. The lowest BCUT2D eigenvalue weighted by molar-refractivity contribution is 0.0909. The van der Waals surface area contributed by atoms with Crippen LogP contribution in [0.1, 0.15) is 40.1 Å². The zero-order valence-electron chi connectivity index (χ0n) is 18.7. The SMILES string of the molecule is Cc1ccc2cc3cc(C(=O)NCC4CCN(Cc5ccccc5C)CC4)oc3nc2c1. The summed E-state index contributed by atoms with van der Waals surface area (Å²) in [4.78, 5) is 19.8. The summed E-state index contributed by atoms with van der Waals surface area (Å²) in [5.74, 6) is 0.669. The summed E-state index contributed by atoms with van der Waals surface area (Å²) >= 11 is 0. The number of furan rings is 1. The van der Waals surface area contributed by atoms with Gasteiger partial charge in [-0.05, 0) is 80.6 Å². The van der Waals surface area contributed by atoms with Crippen molar-refractivity contribution in [3.63, 3.8) is 0 Å². The van der Waals surface area contributed by atoms with Crippen LogP contribution in [0.3, 0.4) is 0 Å². The highest BCUT2D eigenvalue weighted by Crippen LogP contribution is 2.24. The summed E-state index contributed by atoms with van der Waals surface area (Å²) in [6.07, 6.45) is 2.19. The summed E-state index contributed by atoms with van der Waals surface area (Å²) < 4.78 is 5.78. The van der Waals surface area contributed by atoms with Gasteiger partial charge in [-0.15, -0.1) is 0 Å². The van der Waals surface area contributed by atoms with Crippen molar-refractivity contribution < 1.29 is 9.21 Å². The first-order chi connectivity index (χ1) is 15.5. The van der Waals surface area contributed by atoms with Crippen LogP contribution in [0.15, 0.2) is 59.0 Å². The molecule has 3 heterocycles. The van der Waals surface area contributed by atoms with Gasteiger partial charge in [0.05, 0.1) is 5.52 Å². The molecule has 5 rings (SSSR count). The van der Waals surface area contributed by atoms with E-state index < -0.39 is 0 Å². The summed E-state index contributed by atoms with van der Waals surface area (Å²) in [6.45, 7) is 8.04. The maximum atomic E-state index is 12.7. The minimum atomic E-state index is -0.162. The van der Waals surface area contributed by atoms with Gasteiger partial charge in [-0.25, -0.2) is 4.98 Å². The maximum absolute atomic E-state index is 12.7. The molecular weight excluding hydrogens is 398 g/mol. The highest BCUT2D eigenvalue weighted by molar-refractivity contribution is 5.98. The fourth-order valence-electron chi connectivity index (χ4n) is 4.55. The van der Waals surface area contributed by atoms with Gasteiger partial charge in [0, 0.05) is 23.9 Å². The monoisotopic (exact) mass is 427 g/mol. The summed E-state index contributed by atoms with van der Waals surface area (Å²) in [5, 5.41) is 4.98. The van der Waals surface area contributed by atoms with E-state index in [9.17, 15) is 4.79 Å². The molecule has 1 N–H and O–H groups in total. The van der Waals surface area contributed by atoms with E-state index in [1.165, 1.54) is 11.1 Å². The third-order valence-electron chi connectivity index (χ3n) is 6.60. The standard InChI is InChI=1S/C27H29N3O2/c1-18-7-8-21-14-23-15-25(32-27(23)29-24(21)13-18)26(31)28-16-20-9-11-30(12-10-20)17-22-6-4-3-5-19(22)2/h3-8,13-15,20H,9-12,16-17H2,1-2H3,(H,28,31). The Labute approximate surface area is 188 Å². The van der Waals surface area contributed by atoms with E-state index in [2.05, 4.69) is 58.5 Å². The molecule has 0 aliphatic carbocycles. The van der Waals surface area contributed by atoms with Crippen LogP contribution in [0.25, 0.3) is 22.0 Å². The van der Waals surface area contributed by atoms with Crippen molar-refractivity contribution in [3.8, 4) is 0 Å². The molecule has 0 unspecified atom stereocenters. The number of nitrogens with one attached hydrogen (secondary N) is 1. The van der Waals surface area contributed by atoms with E-state index in [0.717, 1.165) is 54.3 Å². The Morgan fingerprint density at radius 1 is 1.06 bits per heavy atom. The first-order valence-electron chi connectivity index (χ1n) is 11.4. The molecule has 1 aliphatic rings. The van der Waals surface area contributed by atoms with Crippen molar-refractivity contribution in [2.45, 2.75) is 33.2 Å². The summed E-state index contributed by atoms with van der Waals surface area (Å²) in [5.41, 5.74) is 5.30. The largest absolute Gasteiger partial charge is 0.433 e. The molecule has 1 aliphatic heterocycles. The van der Waals surface area contributed by atoms with Crippen LogP contribution in [0.4, 0.5) is 0 Å². The zero-order chi connectivity index (χ0) is 22.1. The Balaban J connectivity index is 1.17. The molecular formula is C27H29N3O2. The van der Waals surface area contributed by atoms with Gasteiger partial charge in [-0.1, -0.05) is 36.4 Å². The number of hydrogen-bond acceptors (Lipinski definition) is 4. The predicted molar refractivity (Wildman–Crippen MR) is 128 cm³/mol. The van der Waals surface area contributed by atoms with Crippen molar-refractivity contribution >= 4 is 27.9 Å². The second-order valence-corrected chi connectivity index (χ2v) is 9.05. The Morgan fingerprint density at radius 2 is 1.88 bits per heavy atom. The predicted octanol–water partition coefficient (Wildman–Crippen LogP) is 5.24. The fourth-order valence-corrected chi connectivity index (χ4v) is 4.55. The third kappa shape index (κ3) is 4.39. The molecule has 0 saturated carbocycles. The minimum Gasteiger partial charge on any atom is -0.433 e. The second-order valence-electron chi connectivity index (χ2n) is 9.05. The fraction of sp³-hybridized carbons (Fsp3) is 0.333. The molecule has 1 amide bonds. The van der Waals surface area contributed by atoms with E-state index in [1.807, 2.05) is 19.1 Å². The number of amides is 1. The lowest BCUT2D eigenvalue weighted by Gasteiger charge is -2.32. The van der Waals surface area contributed by atoms with Crippen LogP contribution in [0.2, 0.25) is 0 Å². The van der Waals surface area contributed by atoms with Crippen LogP contribution in [-0.2, 0) is 6.54 Å². The highest BCUT2D eigenvalue weighted by Gasteiger charge is 2.21. The minimum absolute atomic E-state index is 0.162. The molecule has 0 atom stereocenters. The van der Waals surface area contributed by atoms with Crippen LogP contribution in [0, 0.1) is 19.8 Å². The number of aromatic nitrogens is 1. The number of nitrogens with zero attached hydrogens (tertiary/aromatic N) is 2. The Bertz CT molecular complexity index is 1270. The molecule has 164 valence electrons. The van der Waals surface area contributed by atoms with E-state index in [4.69, 9.17) is 4.42 Å². The number of pyridine rings is 1. The number of rotatable bonds is 5. The Kier molecular flexibility index (Phi) is 5.66. The number of likely N-dealkylation sites (tertiary alicyclic amines) is 1. The average Bonchev–Trinajstić information content (AvgIpc) is 3.21. The topological polar surface area (TPSA) is 58.4 Å². The molecule has 4 aromatic rings. The molecule has 0 spiro atoms. The van der Waals surface area contributed by atoms with Gasteiger partial charge in [-0.3, -0.25) is 9.69 Å². The summed E-state index contributed by atoms with van der Waals surface area (Å²) in [6, 6.07) is 18.6. The van der Waals surface area contributed by atoms with Crippen LogP contribution >= 0.6 is 0 Å². The van der Waals surface area contributed by atoms with Crippen LogP contribution in [0.5, 0.6) is 0 Å². The molecule has 5 nitrogen and oxygen atoms in total. The lowest BCUT2D eigenvalue weighted by atomic mass is 9.96. The Morgan fingerprint density at radius 3 is 2.69 bits per heavy atom. The number of aryl methyl sites for hydroxylation is 2. The van der Waals surface area contributed by atoms with Gasteiger partial charge in [0.25, 0.3) is 5.91 Å². The van der Waals surface area contributed by atoms with Gasteiger partial charge in [-0.2, -0.15) is 0 Å². The van der Waals surface area contributed by atoms with Crippen LogP contribution in [-0.4, -0.2) is 35.4 Å². The average molecular weight is 428 g/mol. The zero-order valence-corrected chi connectivity index (χ0v) is 18.7. The second kappa shape index (κ2) is 8.75. The maximum Gasteiger partial charge on any atom is 0.287 e. The van der Waals surface area contributed by atoms with Gasteiger partial charge in [0.2, 0.25) is 5.71 Å². The van der Waals surface area contributed by atoms with Crippen molar-refractivity contribution in [3.05, 3.63) is 77.0 Å². The molecule has 1 saturated heterocycles. The quantitative estimate of drug-likeness (QED) is 0.473. The van der Waals surface area contributed by atoms with Gasteiger partial charge in [0.1, 0.15) is 0 Å². The summed E-state index contributed by atoms with van der Waals surface area (Å²) in [7, 11) is 0. The van der Waals surface area contributed by atoms with Gasteiger partial charge in [0.15, 0.2) is 5.76 Å². The van der Waals surface area contributed by atoms with Crippen molar-refractivity contribution in [1.82, 2.24) is 15.2 Å². The molecule has 32 heavy (non-hydrogen) atoms. The highest BCUT2D eigenvalue weighted by atomic mass is 16.4. The first kappa shape index (κ1) is 20.7. The molecule has 5 heteroatoms. The third-order valence-corrected chi connectivity index (χ3v) is 6.60. The smallest absolute Gasteiger partial charge is 0.287 e.